The Bertz CT molecular complexity index is 1370. The number of carboxylic acids is 1. The van der Waals surface area contributed by atoms with Crippen LogP contribution in [0.2, 0.25) is 0 Å². The molecule has 3 N–H and O–H groups in total. The van der Waals surface area contributed by atoms with Gasteiger partial charge in [-0.05, 0) is 49.7 Å². The molecule has 1 atom stereocenters. The second-order valence-electron chi connectivity index (χ2n) is 7.72. The standard InChI is InChI=1S/C26H24N2O4/c1-15-12-19(16(2)28-22-11-7-5-9-18(22)26(30)31)25-20(13-15)23(29)14-24(32-25)17-8-4-6-10-21(17)27-3/h4-14,16,27-28H,1-3H3,(H,30,31). The summed E-state index contributed by atoms with van der Waals surface area (Å²) >= 11 is 0. The Hall–Kier alpha value is -4.06. The van der Waals surface area contributed by atoms with E-state index in [1.807, 2.05) is 57.3 Å². The molecule has 0 radical (unpaired) electrons. The number of benzene rings is 3. The first kappa shape index (κ1) is 21.2. The summed E-state index contributed by atoms with van der Waals surface area (Å²) in [5.74, 6) is -0.539. The van der Waals surface area contributed by atoms with Gasteiger partial charge in [0.1, 0.15) is 11.3 Å². The molecular weight excluding hydrogens is 404 g/mol. The molecule has 0 spiro atoms. The molecule has 0 aliphatic rings. The van der Waals surface area contributed by atoms with Crippen LogP contribution in [0.15, 0.2) is 75.9 Å². The van der Waals surface area contributed by atoms with Crippen molar-refractivity contribution in [3.8, 4) is 11.3 Å². The Kier molecular flexibility index (Phi) is 5.69. The summed E-state index contributed by atoms with van der Waals surface area (Å²) in [7, 11) is 1.82. The Balaban J connectivity index is 1.87. The molecule has 0 saturated carbocycles. The number of para-hydroxylation sites is 2. The maximum Gasteiger partial charge on any atom is 0.337 e. The number of anilines is 2. The van der Waals surface area contributed by atoms with Gasteiger partial charge in [0.15, 0.2) is 5.43 Å². The smallest absolute Gasteiger partial charge is 0.337 e. The second kappa shape index (κ2) is 8.59. The molecule has 0 bridgehead atoms. The van der Waals surface area contributed by atoms with Crippen molar-refractivity contribution in [2.45, 2.75) is 19.9 Å². The van der Waals surface area contributed by atoms with Crippen molar-refractivity contribution < 1.29 is 14.3 Å². The lowest BCUT2D eigenvalue weighted by Gasteiger charge is -2.19. The van der Waals surface area contributed by atoms with Crippen molar-refractivity contribution in [3.63, 3.8) is 0 Å². The molecule has 0 aliphatic carbocycles. The molecule has 162 valence electrons. The predicted octanol–water partition coefficient (Wildman–Crippen LogP) is 5.68. The van der Waals surface area contributed by atoms with Crippen LogP contribution in [0, 0.1) is 6.92 Å². The fourth-order valence-corrected chi connectivity index (χ4v) is 3.91. The lowest BCUT2D eigenvalue weighted by Crippen LogP contribution is -2.12. The minimum absolute atomic E-state index is 0.129. The lowest BCUT2D eigenvalue weighted by molar-refractivity contribution is 0.0698. The minimum Gasteiger partial charge on any atom is -0.478 e. The summed E-state index contributed by atoms with van der Waals surface area (Å²) < 4.78 is 6.30. The first-order valence-corrected chi connectivity index (χ1v) is 10.3. The van der Waals surface area contributed by atoms with Crippen molar-refractivity contribution in [3.05, 3.63) is 93.6 Å². The van der Waals surface area contributed by atoms with E-state index in [1.165, 1.54) is 6.07 Å². The molecular formula is C26H24N2O4. The molecule has 1 heterocycles. The maximum absolute atomic E-state index is 13.0. The Morgan fingerprint density at radius 1 is 1.00 bits per heavy atom. The van der Waals surface area contributed by atoms with Crippen LogP contribution in [0.1, 0.15) is 34.5 Å². The highest BCUT2D eigenvalue weighted by molar-refractivity contribution is 5.94. The number of hydrogen-bond acceptors (Lipinski definition) is 5. The Labute approximate surface area is 185 Å². The highest BCUT2D eigenvalue weighted by Crippen LogP contribution is 2.33. The van der Waals surface area contributed by atoms with Crippen LogP contribution < -0.4 is 16.1 Å². The molecule has 4 rings (SSSR count). The van der Waals surface area contributed by atoms with Crippen molar-refractivity contribution in [1.82, 2.24) is 0 Å². The molecule has 0 aliphatic heterocycles. The van der Waals surface area contributed by atoms with E-state index < -0.39 is 5.97 Å². The molecule has 6 nitrogen and oxygen atoms in total. The molecule has 32 heavy (non-hydrogen) atoms. The number of fused-ring (bicyclic) bond motifs is 1. The van der Waals surface area contributed by atoms with Crippen LogP contribution >= 0.6 is 0 Å². The molecule has 1 unspecified atom stereocenters. The first-order chi connectivity index (χ1) is 15.4. The van der Waals surface area contributed by atoms with Gasteiger partial charge in [0, 0.05) is 35.6 Å². The zero-order chi connectivity index (χ0) is 22.8. The van der Waals surface area contributed by atoms with E-state index in [1.54, 1.807) is 24.3 Å². The Morgan fingerprint density at radius 2 is 1.69 bits per heavy atom. The molecule has 3 aromatic carbocycles. The van der Waals surface area contributed by atoms with Gasteiger partial charge in [0.2, 0.25) is 0 Å². The van der Waals surface area contributed by atoms with E-state index in [-0.39, 0.29) is 17.0 Å². The van der Waals surface area contributed by atoms with Crippen LogP contribution in [-0.4, -0.2) is 18.1 Å². The molecule has 0 amide bonds. The third-order valence-electron chi connectivity index (χ3n) is 5.46. The summed E-state index contributed by atoms with van der Waals surface area (Å²) in [6.07, 6.45) is 0. The average Bonchev–Trinajstić information content (AvgIpc) is 2.79. The summed E-state index contributed by atoms with van der Waals surface area (Å²) in [6, 6.07) is 19.3. The minimum atomic E-state index is -1.01. The van der Waals surface area contributed by atoms with Gasteiger partial charge in [-0.2, -0.15) is 0 Å². The van der Waals surface area contributed by atoms with Gasteiger partial charge < -0.3 is 20.2 Å². The van der Waals surface area contributed by atoms with E-state index in [4.69, 9.17) is 4.42 Å². The van der Waals surface area contributed by atoms with Gasteiger partial charge in [-0.25, -0.2) is 4.79 Å². The summed E-state index contributed by atoms with van der Waals surface area (Å²) in [5, 5.41) is 16.4. The topological polar surface area (TPSA) is 91.6 Å². The fraction of sp³-hybridized carbons (Fsp3) is 0.154. The highest BCUT2D eigenvalue weighted by Gasteiger charge is 2.19. The van der Waals surface area contributed by atoms with Crippen LogP contribution in [0.25, 0.3) is 22.3 Å². The van der Waals surface area contributed by atoms with Gasteiger partial charge in [0.25, 0.3) is 0 Å². The van der Waals surface area contributed by atoms with Crippen LogP contribution in [0.3, 0.4) is 0 Å². The predicted molar refractivity (Wildman–Crippen MR) is 128 cm³/mol. The van der Waals surface area contributed by atoms with Gasteiger partial charge in [0.05, 0.1) is 17.0 Å². The van der Waals surface area contributed by atoms with Gasteiger partial charge in [-0.15, -0.1) is 0 Å². The van der Waals surface area contributed by atoms with E-state index in [0.29, 0.717) is 22.4 Å². The Morgan fingerprint density at radius 3 is 2.41 bits per heavy atom. The van der Waals surface area contributed by atoms with Crippen molar-refractivity contribution in [1.29, 1.82) is 0 Å². The van der Waals surface area contributed by atoms with Crippen LogP contribution in [0.4, 0.5) is 11.4 Å². The largest absolute Gasteiger partial charge is 0.478 e. The number of aryl methyl sites for hydroxylation is 1. The number of nitrogens with one attached hydrogen (secondary N) is 2. The molecule has 0 saturated heterocycles. The van der Waals surface area contributed by atoms with Crippen molar-refractivity contribution in [2.24, 2.45) is 0 Å². The van der Waals surface area contributed by atoms with Gasteiger partial charge >= 0.3 is 5.97 Å². The number of carboxylic acid groups (broad SMARTS) is 1. The molecule has 6 heteroatoms. The van der Waals surface area contributed by atoms with E-state index >= 15 is 0 Å². The van der Waals surface area contributed by atoms with E-state index in [2.05, 4.69) is 10.6 Å². The fourth-order valence-electron chi connectivity index (χ4n) is 3.91. The van der Waals surface area contributed by atoms with E-state index in [9.17, 15) is 14.7 Å². The van der Waals surface area contributed by atoms with E-state index in [0.717, 1.165) is 22.4 Å². The van der Waals surface area contributed by atoms with Crippen LogP contribution in [0.5, 0.6) is 0 Å². The summed E-state index contributed by atoms with van der Waals surface area (Å²) in [4.78, 5) is 24.6. The number of rotatable bonds is 6. The maximum atomic E-state index is 13.0. The monoisotopic (exact) mass is 428 g/mol. The highest BCUT2D eigenvalue weighted by atomic mass is 16.4. The van der Waals surface area contributed by atoms with Gasteiger partial charge in [-0.3, -0.25) is 4.79 Å². The third-order valence-corrected chi connectivity index (χ3v) is 5.46. The van der Waals surface area contributed by atoms with Crippen molar-refractivity contribution in [2.75, 3.05) is 17.7 Å². The van der Waals surface area contributed by atoms with Crippen molar-refractivity contribution >= 4 is 28.3 Å². The molecule has 0 fully saturated rings. The zero-order valence-corrected chi connectivity index (χ0v) is 18.1. The number of carbonyl (C=O) groups is 1. The summed E-state index contributed by atoms with van der Waals surface area (Å²) in [5.41, 5.74) is 4.38. The summed E-state index contributed by atoms with van der Waals surface area (Å²) in [6.45, 7) is 3.84. The molecule has 1 aromatic heterocycles. The second-order valence-corrected chi connectivity index (χ2v) is 7.72. The molecule has 4 aromatic rings. The normalized spacial score (nSPS) is 11.8. The van der Waals surface area contributed by atoms with Crippen LogP contribution in [-0.2, 0) is 0 Å². The number of hydrogen-bond donors (Lipinski definition) is 3. The SMILES string of the molecule is CNc1ccccc1-c1cc(=O)c2cc(C)cc(C(C)Nc3ccccc3C(=O)O)c2o1. The number of aromatic carboxylic acids is 1. The zero-order valence-electron chi connectivity index (χ0n) is 18.1. The first-order valence-electron chi connectivity index (χ1n) is 10.3. The quantitative estimate of drug-likeness (QED) is 0.366. The third kappa shape index (κ3) is 3.95. The van der Waals surface area contributed by atoms with Gasteiger partial charge in [-0.1, -0.05) is 30.3 Å². The average molecular weight is 428 g/mol. The lowest BCUT2D eigenvalue weighted by atomic mass is 10.00.